The second kappa shape index (κ2) is 6.37. The maximum absolute atomic E-state index is 12.9. The third kappa shape index (κ3) is 2.64. The van der Waals surface area contributed by atoms with Gasteiger partial charge in [-0.25, -0.2) is 0 Å². The lowest BCUT2D eigenvalue weighted by molar-refractivity contribution is -0.384. The summed E-state index contributed by atoms with van der Waals surface area (Å²) in [4.78, 5) is 36.7. The Morgan fingerprint density at radius 1 is 1.10 bits per heavy atom. The van der Waals surface area contributed by atoms with Crippen LogP contribution in [0.2, 0.25) is 5.02 Å². The molecule has 3 fully saturated rings. The number of furan rings is 1. The summed E-state index contributed by atoms with van der Waals surface area (Å²) in [7, 11) is 0. The van der Waals surface area contributed by atoms with Crippen LogP contribution < -0.4 is 0 Å². The van der Waals surface area contributed by atoms with E-state index < -0.39 is 4.92 Å². The molecule has 0 radical (unpaired) electrons. The van der Waals surface area contributed by atoms with E-state index in [9.17, 15) is 19.7 Å². The van der Waals surface area contributed by atoms with E-state index in [1.165, 1.54) is 24.4 Å². The van der Waals surface area contributed by atoms with E-state index in [4.69, 9.17) is 16.0 Å². The van der Waals surface area contributed by atoms with Crippen molar-refractivity contribution in [2.24, 2.45) is 40.6 Å². The predicted octanol–water partition coefficient (Wildman–Crippen LogP) is 3.90. The first-order valence-electron chi connectivity index (χ1n) is 10.1. The molecule has 4 aliphatic carbocycles. The molecule has 2 bridgehead atoms. The molecule has 7 rings (SSSR count). The van der Waals surface area contributed by atoms with E-state index in [-0.39, 0.29) is 63.3 Å². The van der Waals surface area contributed by atoms with Crippen molar-refractivity contribution in [3.63, 3.8) is 0 Å². The number of hydrogen-bond acceptors (Lipinski definition) is 6. The van der Waals surface area contributed by atoms with Crippen LogP contribution in [0.15, 0.2) is 52.0 Å². The predicted molar refractivity (Wildman–Crippen MR) is 110 cm³/mol. The Labute approximate surface area is 181 Å². The fourth-order valence-corrected chi connectivity index (χ4v) is 5.77. The number of allylic oxidation sites excluding steroid dienone is 2. The maximum atomic E-state index is 12.9. The molecule has 2 aromatic rings. The van der Waals surface area contributed by atoms with Crippen molar-refractivity contribution in [3.8, 4) is 11.3 Å². The number of carbonyl (C=O) groups excluding carboxylic acids is 2. The Bertz CT molecular complexity index is 1180. The van der Waals surface area contributed by atoms with Gasteiger partial charge in [0.05, 0.1) is 28.5 Å². The van der Waals surface area contributed by atoms with E-state index in [2.05, 4.69) is 17.3 Å². The van der Waals surface area contributed by atoms with E-state index in [1.54, 1.807) is 12.1 Å². The highest BCUT2D eigenvalue weighted by molar-refractivity contribution is 6.30. The summed E-state index contributed by atoms with van der Waals surface area (Å²) in [6.07, 6.45) is 6.62. The van der Waals surface area contributed by atoms with Crippen LogP contribution in [0.4, 0.5) is 5.69 Å². The van der Waals surface area contributed by atoms with Crippen LogP contribution in [0.5, 0.6) is 0 Å². The molecule has 9 heteroatoms. The summed E-state index contributed by atoms with van der Waals surface area (Å²) in [6.45, 7) is 0. The molecule has 1 aliphatic heterocycles. The third-order valence-corrected chi connectivity index (χ3v) is 7.22. The molecular weight excluding hydrogens is 422 g/mol. The van der Waals surface area contributed by atoms with Crippen LogP contribution in [0.1, 0.15) is 12.2 Å². The normalized spacial score (nSPS) is 32.6. The van der Waals surface area contributed by atoms with Crippen molar-refractivity contribution < 1.29 is 18.9 Å². The smallest absolute Gasteiger partial charge is 0.281 e. The molecule has 2 amide bonds. The number of hydrazone groups is 1. The molecular formula is C22H16ClN3O5. The molecule has 5 aliphatic rings. The van der Waals surface area contributed by atoms with Gasteiger partial charge >= 0.3 is 0 Å². The molecule has 1 aromatic carbocycles. The van der Waals surface area contributed by atoms with Crippen molar-refractivity contribution in [1.29, 1.82) is 0 Å². The minimum Gasteiger partial charge on any atom is -0.455 e. The van der Waals surface area contributed by atoms with Gasteiger partial charge in [-0.1, -0.05) is 23.8 Å². The Morgan fingerprint density at radius 3 is 2.42 bits per heavy atom. The van der Waals surface area contributed by atoms with Crippen molar-refractivity contribution in [1.82, 2.24) is 5.01 Å². The van der Waals surface area contributed by atoms with E-state index in [0.717, 1.165) is 11.4 Å². The van der Waals surface area contributed by atoms with Crippen molar-refractivity contribution >= 4 is 35.3 Å². The summed E-state index contributed by atoms with van der Waals surface area (Å²) in [5.74, 6) is 0.736. The van der Waals surface area contributed by atoms with Gasteiger partial charge in [0.2, 0.25) is 0 Å². The Hall–Kier alpha value is -3.26. The SMILES string of the molecule is O=C1[C@@H]2[C@H]3C=C[C@@H]([C@@H]4C[C@@H]34)[C@@H]2C(=O)N1/N=C\c1ccc(-c2ccc(Cl)cc2[N+](=O)[O-])o1. The van der Waals surface area contributed by atoms with Gasteiger partial charge in [0, 0.05) is 11.1 Å². The van der Waals surface area contributed by atoms with Gasteiger partial charge in [-0.2, -0.15) is 10.1 Å². The van der Waals surface area contributed by atoms with E-state index in [1.807, 2.05) is 0 Å². The molecule has 1 aromatic heterocycles. The summed E-state index contributed by atoms with van der Waals surface area (Å²) in [5.41, 5.74) is 0.0936. The summed E-state index contributed by atoms with van der Waals surface area (Å²) in [5, 5.41) is 16.7. The average Bonchev–Trinajstić information content (AvgIpc) is 3.39. The second-order valence-electron chi connectivity index (χ2n) is 8.51. The molecule has 31 heavy (non-hydrogen) atoms. The zero-order chi connectivity index (χ0) is 21.4. The van der Waals surface area contributed by atoms with Gasteiger partial charge in [-0.3, -0.25) is 19.7 Å². The van der Waals surface area contributed by atoms with Gasteiger partial charge in [-0.05, 0) is 54.4 Å². The highest BCUT2D eigenvalue weighted by atomic mass is 35.5. The summed E-state index contributed by atoms with van der Waals surface area (Å²) in [6, 6.07) is 7.45. The number of rotatable bonds is 4. The van der Waals surface area contributed by atoms with Crippen LogP contribution in [0.25, 0.3) is 11.3 Å². The Kier molecular flexibility index (Phi) is 3.80. The number of benzene rings is 1. The van der Waals surface area contributed by atoms with Crippen LogP contribution >= 0.6 is 11.6 Å². The largest absolute Gasteiger partial charge is 0.455 e. The van der Waals surface area contributed by atoms with Gasteiger partial charge in [0.15, 0.2) is 0 Å². The first-order chi connectivity index (χ1) is 14.9. The molecule has 1 saturated heterocycles. The first-order valence-corrected chi connectivity index (χ1v) is 10.5. The first kappa shape index (κ1) is 18.5. The minimum absolute atomic E-state index is 0.136. The molecule has 6 atom stereocenters. The lowest BCUT2D eigenvalue weighted by Gasteiger charge is -2.37. The summed E-state index contributed by atoms with van der Waals surface area (Å²) < 4.78 is 5.67. The number of halogens is 1. The monoisotopic (exact) mass is 437 g/mol. The molecule has 0 spiro atoms. The molecule has 0 N–H and O–H groups in total. The van der Waals surface area contributed by atoms with E-state index >= 15 is 0 Å². The molecule has 2 saturated carbocycles. The number of nitrogens with zero attached hydrogens (tertiary/aromatic N) is 3. The Balaban J connectivity index is 1.26. The fraction of sp³-hybridized carbons (Fsp3) is 0.318. The lowest BCUT2D eigenvalue weighted by atomic mass is 9.63. The zero-order valence-electron chi connectivity index (χ0n) is 16.1. The lowest BCUT2D eigenvalue weighted by Crippen LogP contribution is -2.40. The van der Waals surface area contributed by atoms with Crippen LogP contribution in [0, 0.1) is 45.6 Å². The van der Waals surface area contributed by atoms with Crippen LogP contribution in [-0.2, 0) is 9.59 Å². The fourth-order valence-electron chi connectivity index (χ4n) is 5.60. The highest BCUT2D eigenvalue weighted by Crippen LogP contribution is 2.65. The molecule has 2 heterocycles. The Morgan fingerprint density at radius 2 is 1.77 bits per heavy atom. The van der Waals surface area contributed by atoms with Crippen molar-refractivity contribution in [3.05, 3.63) is 63.4 Å². The highest BCUT2D eigenvalue weighted by Gasteiger charge is 2.67. The van der Waals surface area contributed by atoms with Crippen LogP contribution in [-0.4, -0.2) is 28.0 Å². The summed E-state index contributed by atoms with van der Waals surface area (Å²) >= 11 is 5.86. The number of hydrogen-bond donors (Lipinski definition) is 0. The number of nitro benzene ring substituents is 1. The number of imide groups is 1. The minimum atomic E-state index is -0.534. The average molecular weight is 438 g/mol. The van der Waals surface area contributed by atoms with Gasteiger partial charge in [0.25, 0.3) is 17.5 Å². The van der Waals surface area contributed by atoms with Gasteiger partial charge in [-0.15, -0.1) is 0 Å². The third-order valence-electron chi connectivity index (χ3n) is 6.99. The van der Waals surface area contributed by atoms with Crippen molar-refractivity contribution in [2.45, 2.75) is 6.42 Å². The topological polar surface area (TPSA) is 106 Å². The number of carbonyl (C=O) groups is 2. The molecule has 156 valence electrons. The maximum Gasteiger partial charge on any atom is 0.281 e. The van der Waals surface area contributed by atoms with E-state index in [0.29, 0.717) is 11.8 Å². The molecule has 8 nitrogen and oxygen atoms in total. The second-order valence-corrected chi connectivity index (χ2v) is 8.94. The van der Waals surface area contributed by atoms with Gasteiger partial charge in [0.1, 0.15) is 11.5 Å². The zero-order valence-corrected chi connectivity index (χ0v) is 16.8. The number of nitro groups is 1. The van der Waals surface area contributed by atoms with Gasteiger partial charge < -0.3 is 4.42 Å². The number of amides is 2. The van der Waals surface area contributed by atoms with Crippen molar-refractivity contribution in [2.75, 3.05) is 0 Å². The standard InChI is InChI=1S/C22H16ClN3O5/c23-10-1-3-14(17(7-10)26(29)30)18-6-2-11(31-18)9-24-25-21(27)19-12-4-5-13(16-8-15(12)16)20(19)22(25)28/h1-7,9,12-13,15-16,19-20H,8H2/b24-9-/t12-,13-,15-,16-,19-,20+/m0/s1. The quantitative estimate of drug-likeness (QED) is 0.237. The van der Waals surface area contributed by atoms with Crippen LogP contribution in [0.3, 0.4) is 0 Å². The molecule has 0 unspecified atom stereocenters.